The number of aryl methyl sites for hydroxylation is 1. The summed E-state index contributed by atoms with van der Waals surface area (Å²) in [4.78, 5) is 41.9. The number of esters is 1. The van der Waals surface area contributed by atoms with Gasteiger partial charge in [-0.25, -0.2) is 4.79 Å². The second-order valence-electron chi connectivity index (χ2n) is 9.07. The Balaban J connectivity index is 1.28. The number of carbonyl (C=O) groups is 2. The van der Waals surface area contributed by atoms with Crippen molar-refractivity contribution in [3.8, 4) is 5.75 Å². The molecule has 0 radical (unpaired) electrons. The molecule has 1 amide bonds. The van der Waals surface area contributed by atoms with Crippen molar-refractivity contribution in [2.75, 3.05) is 33.3 Å². The molecular weight excluding hydrogens is 460 g/mol. The molecule has 0 spiro atoms. The Labute approximate surface area is 210 Å². The van der Waals surface area contributed by atoms with Crippen LogP contribution in [0.5, 0.6) is 5.75 Å². The molecule has 4 rings (SSSR count). The van der Waals surface area contributed by atoms with E-state index in [9.17, 15) is 14.4 Å². The van der Waals surface area contributed by atoms with Crippen molar-refractivity contribution in [1.29, 1.82) is 0 Å². The molecule has 36 heavy (non-hydrogen) atoms. The summed E-state index contributed by atoms with van der Waals surface area (Å²) in [5, 5.41) is 0.786. The van der Waals surface area contributed by atoms with Gasteiger partial charge in [0, 0.05) is 56.2 Å². The number of ether oxygens (including phenoxy) is 2. The number of hydrogen-bond donors (Lipinski definition) is 0. The van der Waals surface area contributed by atoms with Crippen LogP contribution in [-0.2, 0) is 27.3 Å². The van der Waals surface area contributed by atoms with Gasteiger partial charge in [0.25, 0.3) is 5.91 Å². The van der Waals surface area contributed by atoms with Gasteiger partial charge in [-0.05, 0) is 43.5 Å². The smallest absolute Gasteiger partial charge is 0.339 e. The van der Waals surface area contributed by atoms with E-state index < -0.39 is 17.7 Å². The van der Waals surface area contributed by atoms with E-state index in [2.05, 4.69) is 17.0 Å². The maximum atomic E-state index is 12.8. The molecule has 1 unspecified atom stereocenters. The number of rotatable bonds is 8. The highest BCUT2D eigenvalue weighted by atomic mass is 16.5. The van der Waals surface area contributed by atoms with Gasteiger partial charge < -0.3 is 18.8 Å². The predicted octanol–water partition coefficient (Wildman–Crippen LogP) is 3.32. The number of piperazine rings is 1. The molecule has 3 aromatic rings. The van der Waals surface area contributed by atoms with Crippen LogP contribution in [0, 0.1) is 6.92 Å². The SMILES string of the molecule is COc1ccc2c(C)c(CCC(=O)OC(C)C(=O)N3CCN(Cc4ccccc4)CC3)c(=O)oc2c1. The van der Waals surface area contributed by atoms with Crippen molar-refractivity contribution in [1.82, 2.24) is 9.80 Å². The number of fused-ring (bicyclic) bond motifs is 1. The van der Waals surface area contributed by atoms with E-state index in [1.54, 1.807) is 31.1 Å². The third kappa shape index (κ3) is 5.94. The molecule has 1 aliphatic rings. The van der Waals surface area contributed by atoms with Crippen molar-refractivity contribution in [3.05, 3.63) is 75.6 Å². The average Bonchev–Trinajstić information content (AvgIpc) is 2.88. The van der Waals surface area contributed by atoms with Crippen LogP contribution < -0.4 is 10.4 Å². The van der Waals surface area contributed by atoms with Crippen molar-refractivity contribution in [2.24, 2.45) is 0 Å². The Kier molecular flexibility index (Phi) is 8.05. The van der Waals surface area contributed by atoms with Gasteiger partial charge in [0.2, 0.25) is 0 Å². The summed E-state index contributed by atoms with van der Waals surface area (Å²) in [6, 6.07) is 15.5. The molecule has 8 heteroatoms. The number of amides is 1. The Morgan fingerprint density at radius 3 is 2.47 bits per heavy atom. The zero-order chi connectivity index (χ0) is 25.7. The molecule has 1 fully saturated rings. The first kappa shape index (κ1) is 25.4. The van der Waals surface area contributed by atoms with E-state index in [0.29, 0.717) is 30.0 Å². The number of nitrogens with zero attached hydrogens (tertiary/aromatic N) is 2. The normalized spacial score (nSPS) is 15.0. The highest BCUT2D eigenvalue weighted by molar-refractivity contribution is 5.84. The molecule has 0 bridgehead atoms. The van der Waals surface area contributed by atoms with Crippen LogP contribution in [-0.4, -0.2) is 61.1 Å². The summed E-state index contributed by atoms with van der Waals surface area (Å²) in [7, 11) is 1.55. The fourth-order valence-corrected chi connectivity index (χ4v) is 4.55. The first-order valence-corrected chi connectivity index (χ1v) is 12.2. The van der Waals surface area contributed by atoms with Crippen LogP contribution in [0.3, 0.4) is 0 Å². The van der Waals surface area contributed by atoms with Gasteiger partial charge in [0.1, 0.15) is 11.3 Å². The molecular formula is C28H32N2O6. The molecule has 1 atom stereocenters. The van der Waals surface area contributed by atoms with Crippen molar-refractivity contribution >= 4 is 22.8 Å². The summed E-state index contributed by atoms with van der Waals surface area (Å²) >= 11 is 0. The van der Waals surface area contributed by atoms with E-state index in [-0.39, 0.29) is 18.7 Å². The van der Waals surface area contributed by atoms with Crippen LogP contribution in [0.15, 0.2) is 57.7 Å². The summed E-state index contributed by atoms with van der Waals surface area (Å²) in [5.74, 6) is -0.122. The summed E-state index contributed by atoms with van der Waals surface area (Å²) in [6.07, 6.45) is -0.719. The molecule has 190 valence electrons. The van der Waals surface area contributed by atoms with Crippen LogP contribution >= 0.6 is 0 Å². The fraction of sp³-hybridized carbons (Fsp3) is 0.393. The van der Waals surface area contributed by atoms with Gasteiger partial charge in [-0.2, -0.15) is 0 Å². The van der Waals surface area contributed by atoms with Gasteiger partial charge in [-0.15, -0.1) is 0 Å². The Hall–Kier alpha value is -3.65. The minimum Gasteiger partial charge on any atom is -0.497 e. The standard InChI is InChI=1S/C28H32N2O6/c1-19-23-10-9-22(34-3)17-25(23)36-28(33)24(19)11-12-26(31)35-20(2)27(32)30-15-13-29(14-16-30)18-21-7-5-4-6-8-21/h4-10,17,20H,11-16,18H2,1-3H3. The second-order valence-corrected chi connectivity index (χ2v) is 9.07. The lowest BCUT2D eigenvalue weighted by atomic mass is 10.0. The summed E-state index contributed by atoms with van der Waals surface area (Å²) in [6.45, 7) is 7.00. The maximum absolute atomic E-state index is 12.8. The molecule has 1 aliphatic heterocycles. The fourth-order valence-electron chi connectivity index (χ4n) is 4.55. The zero-order valence-electron chi connectivity index (χ0n) is 21.0. The van der Waals surface area contributed by atoms with Crippen LogP contribution in [0.4, 0.5) is 0 Å². The van der Waals surface area contributed by atoms with E-state index >= 15 is 0 Å². The van der Waals surface area contributed by atoms with E-state index in [1.807, 2.05) is 31.2 Å². The summed E-state index contributed by atoms with van der Waals surface area (Å²) < 4.78 is 16.0. The van der Waals surface area contributed by atoms with E-state index in [0.717, 1.165) is 30.6 Å². The lowest BCUT2D eigenvalue weighted by Crippen LogP contribution is -2.51. The van der Waals surface area contributed by atoms with Gasteiger partial charge >= 0.3 is 11.6 Å². The van der Waals surface area contributed by atoms with Crippen molar-refractivity contribution in [3.63, 3.8) is 0 Å². The van der Waals surface area contributed by atoms with Gasteiger partial charge in [-0.1, -0.05) is 30.3 Å². The van der Waals surface area contributed by atoms with E-state index in [4.69, 9.17) is 13.9 Å². The first-order chi connectivity index (χ1) is 17.4. The second kappa shape index (κ2) is 11.4. The maximum Gasteiger partial charge on any atom is 0.339 e. The third-order valence-corrected chi connectivity index (χ3v) is 6.66. The first-order valence-electron chi connectivity index (χ1n) is 12.2. The molecule has 0 N–H and O–H groups in total. The molecule has 8 nitrogen and oxygen atoms in total. The molecule has 1 saturated heterocycles. The average molecular weight is 493 g/mol. The van der Waals surface area contributed by atoms with Crippen LogP contribution in [0.25, 0.3) is 11.0 Å². The molecule has 0 saturated carbocycles. The van der Waals surface area contributed by atoms with Crippen molar-refractivity contribution < 1.29 is 23.5 Å². The van der Waals surface area contributed by atoms with Crippen LogP contribution in [0.1, 0.15) is 30.0 Å². The summed E-state index contributed by atoms with van der Waals surface area (Å²) in [5.41, 5.74) is 2.38. The lowest BCUT2D eigenvalue weighted by Gasteiger charge is -2.35. The molecule has 1 aromatic heterocycles. The lowest BCUT2D eigenvalue weighted by molar-refractivity contribution is -0.159. The third-order valence-electron chi connectivity index (χ3n) is 6.66. The van der Waals surface area contributed by atoms with E-state index in [1.165, 1.54) is 5.56 Å². The predicted molar refractivity (Wildman–Crippen MR) is 136 cm³/mol. The minimum atomic E-state index is -0.875. The van der Waals surface area contributed by atoms with Gasteiger partial charge in [0.05, 0.1) is 7.11 Å². The zero-order valence-corrected chi connectivity index (χ0v) is 21.0. The Morgan fingerprint density at radius 1 is 1.06 bits per heavy atom. The van der Waals surface area contributed by atoms with Crippen LogP contribution in [0.2, 0.25) is 0 Å². The number of carbonyl (C=O) groups excluding carboxylic acids is 2. The van der Waals surface area contributed by atoms with Gasteiger partial charge in [-0.3, -0.25) is 14.5 Å². The van der Waals surface area contributed by atoms with Crippen molar-refractivity contribution in [2.45, 2.75) is 39.3 Å². The number of methoxy groups -OCH3 is 1. The molecule has 0 aliphatic carbocycles. The minimum absolute atomic E-state index is 0.0181. The van der Waals surface area contributed by atoms with Gasteiger partial charge in [0.15, 0.2) is 6.10 Å². The quantitative estimate of drug-likeness (QED) is 0.352. The number of benzene rings is 2. The Bertz CT molecular complexity index is 1280. The highest BCUT2D eigenvalue weighted by Gasteiger charge is 2.27. The largest absolute Gasteiger partial charge is 0.497 e. The highest BCUT2D eigenvalue weighted by Crippen LogP contribution is 2.24. The Morgan fingerprint density at radius 2 is 1.78 bits per heavy atom. The number of hydrogen-bond acceptors (Lipinski definition) is 7. The molecule has 2 aromatic carbocycles. The monoisotopic (exact) mass is 492 g/mol. The topological polar surface area (TPSA) is 89.3 Å². The molecule has 2 heterocycles.